The molecular formula is C19H22N4O3. The fraction of sp³-hybridized carbons (Fsp3) is 0.421. The van der Waals surface area contributed by atoms with Gasteiger partial charge < -0.3 is 10.5 Å². The Balaban J connectivity index is 1.69. The molecule has 1 aliphatic heterocycles. The first-order valence-electron chi connectivity index (χ1n) is 9.10. The predicted molar refractivity (Wildman–Crippen MR) is 98.6 cm³/mol. The molecule has 1 aliphatic carbocycles. The molecule has 0 bridgehead atoms. The first kappa shape index (κ1) is 16.6. The standard InChI is InChI=1S/C19H22N4O3/c24-17-16(15-11-14(21-22-15)12-7-3-1-4-8-12)18(25)23(19(26)20-17)13-9-5-2-6-10-13/h1,3-4,7-8,13-14,21,25H,2,5-6,9-11H2,(H,20,24,26). The predicted octanol–water partition coefficient (Wildman–Crippen LogP) is 2.19. The van der Waals surface area contributed by atoms with Gasteiger partial charge >= 0.3 is 5.69 Å². The van der Waals surface area contributed by atoms with Crippen LogP contribution in [0.4, 0.5) is 0 Å². The van der Waals surface area contributed by atoms with Crippen LogP contribution in [0.25, 0.3) is 0 Å². The van der Waals surface area contributed by atoms with E-state index in [1.807, 2.05) is 30.3 Å². The topological polar surface area (TPSA) is 99.5 Å². The lowest BCUT2D eigenvalue weighted by Gasteiger charge is -2.25. The molecule has 0 spiro atoms. The molecule has 2 heterocycles. The summed E-state index contributed by atoms with van der Waals surface area (Å²) < 4.78 is 1.34. The van der Waals surface area contributed by atoms with Gasteiger partial charge in [0, 0.05) is 12.5 Å². The van der Waals surface area contributed by atoms with Gasteiger partial charge in [0.1, 0.15) is 5.56 Å². The Morgan fingerprint density at radius 3 is 2.54 bits per heavy atom. The minimum Gasteiger partial charge on any atom is -0.494 e. The summed E-state index contributed by atoms with van der Waals surface area (Å²) in [4.78, 5) is 27.1. The van der Waals surface area contributed by atoms with Crippen molar-refractivity contribution in [2.45, 2.75) is 50.6 Å². The molecule has 2 aromatic rings. The lowest BCUT2D eigenvalue weighted by atomic mass is 9.95. The van der Waals surface area contributed by atoms with Crippen molar-refractivity contribution in [3.8, 4) is 5.88 Å². The lowest BCUT2D eigenvalue weighted by Crippen LogP contribution is -2.36. The third kappa shape index (κ3) is 2.94. The Kier molecular flexibility index (Phi) is 4.36. The third-order valence-corrected chi connectivity index (χ3v) is 5.30. The summed E-state index contributed by atoms with van der Waals surface area (Å²) in [6, 6.07) is 9.68. The number of H-pyrrole nitrogens is 1. The molecule has 2 aliphatic rings. The summed E-state index contributed by atoms with van der Waals surface area (Å²) in [5, 5.41) is 15.0. The van der Waals surface area contributed by atoms with Crippen LogP contribution in [-0.2, 0) is 0 Å². The molecule has 1 atom stereocenters. The monoisotopic (exact) mass is 354 g/mol. The van der Waals surface area contributed by atoms with Crippen molar-refractivity contribution in [3.63, 3.8) is 0 Å². The number of nitrogens with one attached hydrogen (secondary N) is 2. The maximum absolute atomic E-state index is 12.4. The van der Waals surface area contributed by atoms with Gasteiger partial charge in [0.25, 0.3) is 5.56 Å². The van der Waals surface area contributed by atoms with Crippen molar-refractivity contribution < 1.29 is 5.11 Å². The molecule has 0 saturated heterocycles. The van der Waals surface area contributed by atoms with E-state index in [1.54, 1.807) is 0 Å². The minimum absolute atomic E-state index is 0.0555. The van der Waals surface area contributed by atoms with E-state index < -0.39 is 11.2 Å². The molecule has 0 amide bonds. The molecule has 7 nitrogen and oxygen atoms in total. The first-order chi connectivity index (χ1) is 12.6. The Labute approximate surface area is 150 Å². The van der Waals surface area contributed by atoms with Gasteiger partial charge in [0.15, 0.2) is 0 Å². The van der Waals surface area contributed by atoms with Crippen LogP contribution >= 0.6 is 0 Å². The van der Waals surface area contributed by atoms with Gasteiger partial charge in [0.2, 0.25) is 5.88 Å². The second-order valence-corrected chi connectivity index (χ2v) is 6.97. The SMILES string of the molecule is O=c1[nH]c(=O)n(C2CCCCC2)c(O)c1C1=NNC(c2ccccc2)C1. The number of hydrazone groups is 1. The molecule has 1 fully saturated rings. The normalized spacial score (nSPS) is 20.6. The Hall–Kier alpha value is -2.83. The number of aromatic nitrogens is 2. The highest BCUT2D eigenvalue weighted by Gasteiger charge is 2.29. The second kappa shape index (κ2) is 6.82. The molecule has 3 N–H and O–H groups in total. The largest absolute Gasteiger partial charge is 0.494 e. The molecule has 1 aromatic carbocycles. The molecule has 1 unspecified atom stereocenters. The Morgan fingerprint density at radius 2 is 1.81 bits per heavy atom. The Bertz CT molecular complexity index is 939. The van der Waals surface area contributed by atoms with E-state index in [9.17, 15) is 14.7 Å². The van der Waals surface area contributed by atoms with Gasteiger partial charge in [-0.2, -0.15) is 5.10 Å². The zero-order chi connectivity index (χ0) is 18.1. The van der Waals surface area contributed by atoms with Crippen LogP contribution < -0.4 is 16.7 Å². The number of hydrogen-bond acceptors (Lipinski definition) is 5. The quantitative estimate of drug-likeness (QED) is 0.787. The number of aromatic hydroxyl groups is 1. The van der Waals surface area contributed by atoms with Crippen LogP contribution in [0.15, 0.2) is 45.0 Å². The molecule has 0 radical (unpaired) electrons. The van der Waals surface area contributed by atoms with E-state index in [1.165, 1.54) is 4.57 Å². The van der Waals surface area contributed by atoms with Gasteiger partial charge in [-0.3, -0.25) is 14.3 Å². The van der Waals surface area contributed by atoms with Crippen molar-refractivity contribution in [3.05, 3.63) is 62.3 Å². The summed E-state index contributed by atoms with van der Waals surface area (Å²) in [7, 11) is 0. The van der Waals surface area contributed by atoms with E-state index in [0.29, 0.717) is 12.1 Å². The smallest absolute Gasteiger partial charge is 0.331 e. The number of aromatic amines is 1. The third-order valence-electron chi connectivity index (χ3n) is 5.30. The van der Waals surface area contributed by atoms with Gasteiger partial charge in [0.05, 0.1) is 11.8 Å². The molecule has 136 valence electrons. The molecule has 1 aromatic heterocycles. The van der Waals surface area contributed by atoms with Gasteiger partial charge in [-0.05, 0) is 18.4 Å². The minimum atomic E-state index is -0.589. The average Bonchev–Trinajstić information content (AvgIpc) is 3.12. The fourth-order valence-electron chi connectivity index (χ4n) is 3.95. The molecular weight excluding hydrogens is 332 g/mol. The van der Waals surface area contributed by atoms with Crippen LogP contribution in [0.1, 0.15) is 61.7 Å². The van der Waals surface area contributed by atoms with Gasteiger partial charge in [-0.15, -0.1) is 0 Å². The van der Waals surface area contributed by atoms with Crippen molar-refractivity contribution in [2.75, 3.05) is 0 Å². The van der Waals surface area contributed by atoms with Crippen LogP contribution in [0.5, 0.6) is 5.88 Å². The van der Waals surface area contributed by atoms with Gasteiger partial charge in [-0.1, -0.05) is 49.6 Å². The summed E-state index contributed by atoms with van der Waals surface area (Å²) in [6.45, 7) is 0. The van der Waals surface area contributed by atoms with E-state index in [0.717, 1.165) is 37.7 Å². The van der Waals surface area contributed by atoms with Crippen molar-refractivity contribution in [1.29, 1.82) is 0 Å². The van der Waals surface area contributed by atoms with E-state index in [4.69, 9.17) is 0 Å². The Morgan fingerprint density at radius 1 is 1.08 bits per heavy atom. The molecule has 1 saturated carbocycles. The number of hydrogen-bond donors (Lipinski definition) is 3. The summed E-state index contributed by atoms with van der Waals surface area (Å²) in [6.07, 6.45) is 5.31. The zero-order valence-corrected chi connectivity index (χ0v) is 14.4. The molecule has 4 rings (SSSR count). The maximum atomic E-state index is 12.4. The van der Waals surface area contributed by atoms with E-state index >= 15 is 0 Å². The van der Waals surface area contributed by atoms with E-state index in [2.05, 4.69) is 15.5 Å². The van der Waals surface area contributed by atoms with Crippen molar-refractivity contribution in [1.82, 2.24) is 15.0 Å². The summed E-state index contributed by atoms with van der Waals surface area (Å²) in [5.74, 6) is -0.264. The number of nitrogens with zero attached hydrogens (tertiary/aromatic N) is 2. The van der Waals surface area contributed by atoms with Crippen molar-refractivity contribution >= 4 is 5.71 Å². The van der Waals surface area contributed by atoms with Crippen LogP contribution in [0.2, 0.25) is 0 Å². The number of benzene rings is 1. The summed E-state index contributed by atoms with van der Waals surface area (Å²) >= 11 is 0. The maximum Gasteiger partial charge on any atom is 0.331 e. The molecule has 7 heteroatoms. The highest BCUT2D eigenvalue weighted by molar-refractivity contribution is 6.03. The molecule has 26 heavy (non-hydrogen) atoms. The first-order valence-corrected chi connectivity index (χ1v) is 9.10. The summed E-state index contributed by atoms with van der Waals surface area (Å²) in [5.41, 5.74) is 3.52. The highest BCUT2D eigenvalue weighted by atomic mass is 16.3. The number of rotatable bonds is 3. The van der Waals surface area contributed by atoms with E-state index in [-0.39, 0.29) is 23.5 Å². The van der Waals surface area contributed by atoms with Crippen LogP contribution in [0.3, 0.4) is 0 Å². The fourth-order valence-corrected chi connectivity index (χ4v) is 3.95. The lowest BCUT2D eigenvalue weighted by molar-refractivity contribution is 0.298. The van der Waals surface area contributed by atoms with Crippen molar-refractivity contribution in [2.24, 2.45) is 5.10 Å². The average molecular weight is 354 g/mol. The van der Waals surface area contributed by atoms with Gasteiger partial charge in [-0.25, -0.2) is 4.79 Å². The highest BCUT2D eigenvalue weighted by Crippen LogP contribution is 2.31. The van der Waals surface area contributed by atoms with Crippen LogP contribution in [0, 0.1) is 0 Å². The second-order valence-electron chi connectivity index (χ2n) is 6.97. The van der Waals surface area contributed by atoms with Crippen LogP contribution in [-0.4, -0.2) is 20.4 Å². The zero-order valence-electron chi connectivity index (χ0n) is 14.4.